The minimum atomic E-state index is -4.37. The van der Waals surface area contributed by atoms with E-state index >= 15 is 0 Å². The smallest absolute Gasteiger partial charge is 0.416 e. The zero-order chi connectivity index (χ0) is 14.3. The molecule has 104 valence electrons. The van der Waals surface area contributed by atoms with Gasteiger partial charge in [-0.1, -0.05) is 0 Å². The number of aromatic nitrogens is 1. The Morgan fingerprint density at radius 3 is 2.35 bits per heavy atom. The topological polar surface area (TPSA) is 43.1 Å². The lowest BCUT2D eigenvalue weighted by molar-refractivity contribution is -0.137. The maximum absolute atomic E-state index is 12.5. The molecule has 20 heavy (non-hydrogen) atoms. The molecular weight excluding hydrogens is 271 g/mol. The molecule has 0 radical (unpaired) electrons. The van der Waals surface area contributed by atoms with E-state index in [-0.39, 0.29) is 17.5 Å². The minimum absolute atomic E-state index is 0.183. The maximum atomic E-state index is 12.5. The van der Waals surface area contributed by atoms with Crippen LogP contribution in [-0.4, -0.2) is 11.3 Å². The number of alkyl halides is 3. The summed E-state index contributed by atoms with van der Waals surface area (Å²) in [5.74, 6) is 0.934. The first-order valence-corrected chi connectivity index (χ1v) is 6.12. The Kier molecular flexibility index (Phi) is 2.88. The van der Waals surface area contributed by atoms with Crippen LogP contribution in [-0.2, 0) is 6.18 Å². The number of aldehydes is 1. The fourth-order valence-corrected chi connectivity index (χ4v) is 1.99. The van der Waals surface area contributed by atoms with Gasteiger partial charge in [-0.15, -0.1) is 0 Å². The second kappa shape index (κ2) is 4.47. The van der Waals surface area contributed by atoms with Gasteiger partial charge < -0.3 is 4.42 Å². The number of halogens is 3. The average molecular weight is 281 g/mol. The summed E-state index contributed by atoms with van der Waals surface area (Å²) in [5.41, 5.74) is -0.0683. The highest BCUT2D eigenvalue weighted by Gasteiger charge is 2.32. The van der Waals surface area contributed by atoms with Crippen LogP contribution in [0, 0.1) is 0 Å². The van der Waals surface area contributed by atoms with Crippen LogP contribution in [0.15, 0.2) is 28.7 Å². The van der Waals surface area contributed by atoms with Crippen LogP contribution < -0.4 is 0 Å². The van der Waals surface area contributed by atoms with Crippen LogP contribution in [0.1, 0.15) is 40.6 Å². The second-order valence-corrected chi connectivity index (χ2v) is 4.74. The van der Waals surface area contributed by atoms with Crippen LogP contribution in [0.3, 0.4) is 0 Å². The molecule has 1 aromatic carbocycles. The summed E-state index contributed by atoms with van der Waals surface area (Å²) in [7, 11) is 0. The molecule has 0 unspecified atom stereocenters. The van der Waals surface area contributed by atoms with Crippen molar-refractivity contribution in [3.8, 4) is 11.5 Å². The van der Waals surface area contributed by atoms with E-state index in [4.69, 9.17) is 4.42 Å². The fourth-order valence-electron chi connectivity index (χ4n) is 1.99. The lowest BCUT2D eigenvalue weighted by atomic mass is 10.1. The monoisotopic (exact) mass is 281 g/mol. The summed E-state index contributed by atoms with van der Waals surface area (Å²) in [4.78, 5) is 15.0. The van der Waals surface area contributed by atoms with Gasteiger partial charge in [0.2, 0.25) is 5.89 Å². The minimum Gasteiger partial charge on any atom is -0.440 e. The summed E-state index contributed by atoms with van der Waals surface area (Å²) < 4.78 is 42.9. The van der Waals surface area contributed by atoms with E-state index < -0.39 is 11.7 Å². The van der Waals surface area contributed by atoms with Gasteiger partial charge in [-0.3, -0.25) is 4.79 Å². The summed E-state index contributed by atoms with van der Waals surface area (Å²) in [5, 5.41) is 0. The molecule has 3 rings (SSSR count). The van der Waals surface area contributed by atoms with Crippen molar-refractivity contribution in [3.05, 3.63) is 41.3 Å². The lowest BCUT2D eigenvalue weighted by Crippen LogP contribution is -2.03. The van der Waals surface area contributed by atoms with Crippen molar-refractivity contribution in [3.63, 3.8) is 0 Å². The van der Waals surface area contributed by atoms with Gasteiger partial charge in [0, 0.05) is 11.5 Å². The Morgan fingerprint density at radius 2 is 1.85 bits per heavy atom. The fraction of sp³-hybridized carbons (Fsp3) is 0.286. The van der Waals surface area contributed by atoms with Gasteiger partial charge in [0.25, 0.3) is 0 Å². The number of hydrogen-bond acceptors (Lipinski definition) is 3. The summed E-state index contributed by atoms with van der Waals surface area (Å²) in [6, 6.07) is 4.52. The molecule has 0 saturated heterocycles. The molecule has 0 atom stereocenters. The van der Waals surface area contributed by atoms with E-state index in [1.165, 1.54) is 12.1 Å². The molecule has 1 aliphatic carbocycles. The van der Waals surface area contributed by atoms with Gasteiger partial charge in [-0.05, 0) is 37.1 Å². The number of rotatable bonds is 3. The Bertz CT molecular complexity index is 639. The predicted octanol–water partition coefficient (Wildman–Crippen LogP) is 4.05. The zero-order valence-electron chi connectivity index (χ0n) is 10.3. The van der Waals surface area contributed by atoms with Gasteiger partial charge in [0.1, 0.15) is 11.5 Å². The van der Waals surface area contributed by atoms with Crippen LogP contribution >= 0.6 is 0 Å². The molecule has 6 heteroatoms. The molecule has 0 amide bonds. The Morgan fingerprint density at radius 1 is 1.20 bits per heavy atom. The highest BCUT2D eigenvalue weighted by atomic mass is 19.4. The number of carbonyl (C=O) groups excluding carboxylic acids is 1. The largest absolute Gasteiger partial charge is 0.440 e. The molecule has 0 bridgehead atoms. The molecular formula is C14H10F3NO2. The molecule has 3 nitrogen and oxygen atoms in total. The van der Waals surface area contributed by atoms with Crippen LogP contribution in [0.5, 0.6) is 0 Å². The van der Waals surface area contributed by atoms with Gasteiger partial charge in [0.05, 0.1) is 5.56 Å². The third-order valence-corrected chi connectivity index (χ3v) is 3.20. The van der Waals surface area contributed by atoms with Gasteiger partial charge >= 0.3 is 6.18 Å². The standard InChI is InChI=1S/C14H10F3NO2/c15-14(16,17)10-5-3-9(4-6-10)13-18-11(7-19)12(20-13)8-1-2-8/h3-8H,1-2H2. The maximum Gasteiger partial charge on any atom is 0.416 e. The number of nitrogens with zero attached hydrogens (tertiary/aromatic N) is 1. The first kappa shape index (κ1) is 12.9. The number of benzene rings is 1. The molecule has 1 aromatic heterocycles. The molecule has 0 spiro atoms. The first-order chi connectivity index (χ1) is 9.49. The summed E-state index contributed by atoms with van der Waals surface area (Å²) in [6.07, 6.45) is -1.86. The molecule has 0 N–H and O–H groups in total. The lowest BCUT2D eigenvalue weighted by Gasteiger charge is -2.06. The molecule has 0 aliphatic heterocycles. The molecule has 2 aromatic rings. The van der Waals surface area contributed by atoms with Crippen molar-refractivity contribution >= 4 is 6.29 Å². The van der Waals surface area contributed by atoms with E-state index in [1.807, 2.05) is 0 Å². The highest BCUT2D eigenvalue weighted by Crippen LogP contribution is 2.43. The van der Waals surface area contributed by atoms with Gasteiger partial charge in [-0.25, -0.2) is 4.98 Å². The quantitative estimate of drug-likeness (QED) is 0.797. The van der Waals surface area contributed by atoms with E-state index in [0.717, 1.165) is 25.0 Å². The van der Waals surface area contributed by atoms with Crippen LogP contribution in [0.2, 0.25) is 0 Å². The normalized spacial score (nSPS) is 15.3. The Labute approximate surface area is 112 Å². The summed E-state index contributed by atoms with van der Waals surface area (Å²) >= 11 is 0. The third-order valence-electron chi connectivity index (χ3n) is 3.20. The van der Waals surface area contributed by atoms with Crippen molar-refractivity contribution in [1.29, 1.82) is 0 Å². The van der Waals surface area contributed by atoms with E-state index in [0.29, 0.717) is 17.6 Å². The number of hydrogen-bond donors (Lipinski definition) is 0. The third kappa shape index (κ3) is 2.33. The van der Waals surface area contributed by atoms with Crippen molar-refractivity contribution in [2.75, 3.05) is 0 Å². The SMILES string of the molecule is O=Cc1nc(-c2ccc(C(F)(F)F)cc2)oc1C1CC1. The van der Waals surface area contributed by atoms with E-state index in [2.05, 4.69) is 4.98 Å². The van der Waals surface area contributed by atoms with Crippen molar-refractivity contribution in [1.82, 2.24) is 4.98 Å². The van der Waals surface area contributed by atoms with Gasteiger partial charge in [-0.2, -0.15) is 13.2 Å². The highest BCUT2D eigenvalue weighted by molar-refractivity contribution is 5.75. The van der Waals surface area contributed by atoms with E-state index in [9.17, 15) is 18.0 Å². The molecule has 1 aliphatic rings. The average Bonchev–Trinajstić information content (AvgIpc) is 3.17. The zero-order valence-corrected chi connectivity index (χ0v) is 10.3. The van der Waals surface area contributed by atoms with Crippen molar-refractivity contribution in [2.45, 2.75) is 24.9 Å². The number of carbonyl (C=O) groups is 1. The van der Waals surface area contributed by atoms with E-state index in [1.54, 1.807) is 0 Å². The van der Waals surface area contributed by atoms with Gasteiger partial charge in [0.15, 0.2) is 6.29 Å². The van der Waals surface area contributed by atoms with Crippen molar-refractivity contribution in [2.24, 2.45) is 0 Å². The number of oxazole rings is 1. The van der Waals surface area contributed by atoms with Crippen LogP contribution in [0.4, 0.5) is 13.2 Å². The molecule has 1 saturated carbocycles. The van der Waals surface area contributed by atoms with Crippen LogP contribution in [0.25, 0.3) is 11.5 Å². The predicted molar refractivity (Wildman–Crippen MR) is 64.3 cm³/mol. The first-order valence-electron chi connectivity index (χ1n) is 6.12. The van der Waals surface area contributed by atoms with Crippen molar-refractivity contribution < 1.29 is 22.4 Å². The summed E-state index contributed by atoms with van der Waals surface area (Å²) in [6.45, 7) is 0. The second-order valence-electron chi connectivity index (χ2n) is 4.74. The Balaban J connectivity index is 1.94. The Hall–Kier alpha value is -2.11. The molecule has 1 fully saturated rings. The molecule has 1 heterocycles.